The fraction of sp³-hybridized carbons (Fsp3) is 0.250. The van der Waals surface area contributed by atoms with Crippen molar-refractivity contribution in [2.24, 2.45) is 0 Å². The summed E-state index contributed by atoms with van der Waals surface area (Å²) in [6, 6.07) is 8.41. The minimum atomic E-state index is -6.00. The fourth-order valence-electron chi connectivity index (χ4n) is 2.57. The highest BCUT2D eigenvalue weighted by Crippen LogP contribution is 2.30. The summed E-state index contributed by atoms with van der Waals surface area (Å²) < 4.78 is 69.6. The Labute approximate surface area is 180 Å². The van der Waals surface area contributed by atoms with Gasteiger partial charge in [-0.1, -0.05) is 12.1 Å². The molecule has 0 saturated carbocycles. The van der Waals surface area contributed by atoms with E-state index in [1.54, 1.807) is 6.92 Å². The minimum Gasteiger partial charge on any atom is -0.481 e. The third-order valence-electron chi connectivity index (χ3n) is 4.05. The van der Waals surface area contributed by atoms with Gasteiger partial charge in [-0.3, -0.25) is 9.59 Å². The van der Waals surface area contributed by atoms with Crippen molar-refractivity contribution in [3.63, 3.8) is 0 Å². The number of hydrogen-bond acceptors (Lipinski definition) is 7. The number of carbonyl (C=O) groups excluding carboxylic acids is 2. The number of benzene rings is 2. The van der Waals surface area contributed by atoms with Crippen LogP contribution in [0.2, 0.25) is 0 Å². The van der Waals surface area contributed by atoms with Crippen LogP contribution in [0, 0.1) is 0 Å². The first kappa shape index (κ1) is 24.9. The first-order valence-corrected chi connectivity index (χ1v) is 10.4. The summed E-state index contributed by atoms with van der Waals surface area (Å²) in [5.41, 5.74) is -5.86. The Hall–Kier alpha value is -3.41. The van der Waals surface area contributed by atoms with Crippen LogP contribution in [0.15, 0.2) is 42.5 Å². The van der Waals surface area contributed by atoms with Gasteiger partial charge in [0.1, 0.15) is 5.75 Å². The van der Waals surface area contributed by atoms with Crippen LogP contribution in [-0.2, 0) is 26.1 Å². The van der Waals surface area contributed by atoms with Crippen LogP contribution in [0.1, 0.15) is 45.2 Å². The number of esters is 1. The van der Waals surface area contributed by atoms with Gasteiger partial charge in [0.05, 0.1) is 12.2 Å². The van der Waals surface area contributed by atoms with E-state index >= 15 is 0 Å². The number of aryl methyl sites for hydroxylation is 1. The zero-order chi connectivity index (χ0) is 24.1. The molecule has 8 nitrogen and oxygen atoms in total. The van der Waals surface area contributed by atoms with E-state index in [0.29, 0.717) is 0 Å². The quantitative estimate of drug-likeness (QED) is 0.254. The number of hydrogen-bond donors (Lipinski definition) is 1. The summed E-state index contributed by atoms with van der Waals surface area (Å²) in [6.07, 6.45) is -0.958. The second-order valence-electron chi connectivity index (χ2n) is 6.33. The van der Waals surface area contributed by atoms with Crippen LogP contribution in [0.4, 0.5) is 13.2 Å². The van der Waals surface area contributed by atoms with Gasteiger partial charge < -0.3 is 14.0 Å². The van der Waals surface area contributed by atoms with Gasteiger partial charge in [-0.05, 0) is 49.2 Å². The lowest BCUT2D eigenvalue weighted by molar-refractivity contribution is -0.136. The van der Waals surface area contributed by atoms with Gasteiger partial charge in [0, 0.05) is 17.5 Å². The second kappa shape index (κ2) is 9.81. The summed E-state index contributed by atoms with van der Waals surface area (Å²) in [4.78, 5) is 35.6. The van der Waals surface area contributed by atoms with Crippen molar-refractivity contribution in [2.75, 3.05) is 6.61 Å². The maximum atomic E-state index is 12.8. The number of halogens is 3. The van der Waals surface area contributed by atoms with Crippen molar-refractivity contribution in [1.29, 1.82) is 0 Å². The number of carboxylic acids is 1. The lowest BCUT2D eigenvalue weighted by Gasteiger charge is -2.14. The Balaban J connectivity index is 2.44. The summed E-state index contributed by atoms with van der Waals surface area (Å²) >= 11 is 0. The van der Waals surface area contributed by atoms with Gasteiger partial charge in [0.25, 0.3) is 0 Å². The van der Waals surface area contributed by atoms with Gasteiger partial charge in [-0.15, -0.1) is 0 Å². The molecule has 0 aromatic heterocycles. The Kier molecular flexibility index (Phi) is 7.62. The van der Waals surface area contributed by atoms with Gasteiger partial charge in [-0.25, -0.2) is 4.79 Å². The number of alkyl halides is 3. The van der Waals surface area contributed by atoms with E-state index in [2.05, 4.69) is 4.18 Å². The van der Waals surface area contributed by atoms with Crippen LogP contribution in [0.25, 0.3) is 0 Å². The molecule has 0 heterocycles. The molecule has 0 aliphatic heterocycles. The molecule has 0 bridgehead atoms. The number of aliphatic carboxylic acids is 1. The molecular formula is C20H17F3O8S. The molecule has 172 valence electrons. The standard InChI is InChI=1S/C20H17F3O8S/c1-2-30-19(27)15-5-3-4-13(11-15)18(26)14-6-8-16(12(10-14)7-9-17(24)25)31-32(28,29)20(21,22)23/h3-6,8,10-11H,2,7,9H2,1H3,(H,24,25). The smallest absolute Gasteiger partial charge is 0.481 e. The van der Waals surface area contributed by atoms with Gasteiger partial charge in [0.15, 0.2) is 5.78 Å². The Morgan fingerprint density at radius 1 is 1.00 bits per heavy atom. The van der Waals surface area contributed by atoms with E-state index in [1.165, 1.54) is 24.3 Å². The number of carboxylic acid groups (broad SMARTS) is 1. The fourth-order valence-corrected chi connectivity index (χ4v) is 3.07. The third kappa shape index (κ3) is 6.06. The number of ether oxygens (including phenoxy) is 1. The normalized spacial score (nSPS) is 11.6. The second-order valence-corrected chi connectivity index (χ2v) is 7.87. The molecule has 2 aromatic rings. The lowest BCUT2D eigenvalue weighted by Crippen LogP contribution is -2.28. The summed E-state index contributed by atoms with van der Waals surface area (Å²) in [5, 5.41) is 8.86. The van der Waals surface area contributed by atoms with Crippen molar-refractivity contribution in [3.8, 4) is 5.75 Å². The monoisotopic (exact) mass is 474 g/mol. The molecule has 0 atom stereocenters. The predicted molar refractivity (Wildman–Crippen MR) is 104 cm³/mol. The van der Waals surface area contributed by atoms with Crippen molar-refractivity contribution in [3.05, 3.63) is 64.7 Å². The molecular weight excluding hydrogens is 457 g/mol. The highest BCUT2D eigenvalue weighted by molar-refractivity contribution is 7.88. The molecule has 0 saturated heterocycles. The van der Waals surface area contributed by atoms with Gasteiger partial charge in [0.2, 0.25) is 0 Å². The molecule has 1 N–H and O–H groups in total. The maximum absolute atomic E-state index is 12.8. The maximum Gasteiger partial charge on any atom is 0.534 e. The Morgan fingerprint density at radius 3 is 2.22 bits per heavy atom. The molecule has 0 unspecified atom stereocenters. The van der Waals surface area contributed by atoms with E-state index in [1.807, 2.05) is 0 Å². The SMILES string of the molecule is CCOC(=O)c1cccc(C(=O)c2ccc(OS(=O)(=O)C(F)(F)F)c(CCC(=O)O)c2)c1. The average molecular weight is 474 g/mol. The number of carbonyl (C=O) groups is 3. The third-order valence-corrected chi connectivity index (χ3v) is 5.02. The molecule has 2 aromatic carbocycles. The first-order chi connectivity index (χ1) is 14.9. The molecule has 2 rings (SSSR count). The zero-order valence-electron chi connectivity index (χ0n) is 16.5. The molecule has 0 aliphatic rings. The largest absolute Gasteiger partial charge is 0.534 e. The number of rotatable bonds is 9. The van der Waals surface area contributed by atoms with Gasteiger partial charge in [-0.2, -0.15) is 21.6 Å². The van der Waals surface area contributed by atoms with Crippen LogP contribution in [0.3, 0.4) is 0 Å². The molecule has 0 spiro atoms. The van der Waals surface area contributed by atoms with E-state index in [4.69, 9.17) is 9.84 Å². The van der Waals surface area contributed by atoms with Crippen molar-refractivity contribution < 1.29 is 50.0 Å². The topological polar surface area (TPSA) is 124 Å². The van der Waals surface area contributed by atoms with E-state index in [-0.39, 0.29) is 28.9 Å². The van der Waals surface area contributed by atoms with Crippen molar-refractivity contribution in [2.45, 2.75) is 25.3 Å². The first-order valence-electron chi connectivity index (χ1n) is 9.03. The molecule has 32 heavy (non-hydrogen) atoms. The van der Waals surface area contributed by atoms with Crippen LogP contribution < -0.4 is 4.18 Å². The minimum absolute atomic E-state index is 0.0521. The molecule has 0 fully saturated rings. The lowest BCUT2D eigenvalue weighted by atomic mass is 9.98. The highest BCUT2D eigenvalue weighted by atomic mass is 32.2. The van der Waals surface area contributed by atoms with E-state index < -0.39 is 51.9 Å². The Morgan fingerprint density at radius 2 is 1.62 bits per heavy atom. The van der Waals surface area contributed by atoms with E-state index in [9.17, 15) is 36.0 Å². The van der Waals surface area contributed by atoms with Gasteiger partial charge >= 0.3 is 27.6 Å². The highest BCUT2D eigenvalue weighted by Gasteiger charge is 2.48. The van der Waals surface area contributed by atoms with Crippen molar-refractivity contribution >= 4 is 27.8 Å². The van der Waals surface area contributed by atoms with Crippen LogP contribution in [0.5, 0.6) is 5.75 Å². The number of ketones is 1. The predicted octanol–water partition coefficient (Wildman–Crippen LogP) is 3.34. The summed E-state index contributed by atoms with van der Waals surface area (Å²) in [7, 11) is -6.00. The molecule has 0 amide bonds. The summed E-state index contributed by atoms with van der Waals surface area (Å²) in [6.45, 7) is 1.72. The molecule has 0 aliphatic carbocycles. The average Bonchev–Trinajstić information content (AvgIpc) is 2.71. The van der Waals surface area contributed by atoms with Crippen LogP contribution >= 0.6 is 0 Å². The molecule has 0 radical (unpaired) electrons. The zero-order valence-corrected chi connectivity index (χ0v) is 17.3. The van der Waals surface area contributed by atoms with Crippen LogP contribution in [-0.4, -0.2) is 43.4 Å². The molecule has 12 heteroatoms. The van der Waals surface area contributed by atoms with E-state index in [0.717, 1.165) is 18.2 Å². The summed E-state index contributed by atoms with van der Waals surface area (Å²) in [5.74, 6) is -3.35. The Bertz CT molecular complexity index is 1140. The van der Waals surface area contributed by atoms with Crippen molar-refractivity contribution in [1.82, 2.24) is 0 Å².